The Balaban J connectivity index is 1.62. The maximum atomic E-state index is 12.6. The first-order valence-corrected chi connectivity index (χ1v) is 8.24. The molecule has 0 unspecified atom stereocenters. The van der Waals surface area contributed by atoms with Crippen LogP contribution in [0.5, 0.6) is 11.5 Å². The van der Waals surface area contributed by atoms with Crippen molar-refractivity contribution in [1.29, 1.82) is 0 Å². The Labute approximate surface area is 142 Å². The molecule has 0 N–H and O–H groups in total. The van der Waals surface area contributed by atoms with E-state index in [9.17, 15) is 4.79 Å². The summed E-state index contributed by atoms with van der Waals surface area (Å²) in [6.07, 6.45) is -0.163. The van der Waals surface area contributed by atoms with Gasteiger partial charge in [-0.15, -0.1) is 0 Å². The molecular weight excluding hydrogens is 306 g/mol. The van der Waals surface area contributed by atoms with E-state index in [1.807, 2.05) is 51.1 Å². The lowest BCUT2D eigenvalue weighted by Crippen LogP contribution is -2.44. The molecule has 1 aromatic heterocycles. The molecule has 0 fully saturated rings. The van der Waals surface area contributed by atoms with Crippen LogP contribution in [0.15, 0.2) is 30.3 Å². The Morgan fingerprint density at radius 1 is 1.33 bits per heavy atom. The molecule has 0 radical (unpaired) electrons. The van der Waals surface area contributed by atoms with Crippen molar-refractivity contribution in [2.24, 2.45) is 0 Å². The molecule has 1 amide bonds. The molecule has 0 aliphatic carbocycles. The van der Waals surface area contributed by atoms with Gasteiger partial charge < -0.3 is 14.4 Å². The highest BCUT2D eigenvalue weighted by Crippen LogP contribution is 2.31. The SMILES string of the molecule is CCN(C[C@H]1COc2ccccc2O1)C(=O)Cn1nc(C)cc1C. The van der Waals surface area contributed by atoms with Crippen molar-refractivity contribution in [3.05, 3.63) is 41.7 Å². The monoisotopic (exact) mass is 329 g/mol. The zero-order valence-corrected chi connectivity index (χ0v) is 14.4. The van der Waals surface area contributed by atoms with Crippen LogP contribution in [0.4, 0.5) is 0 Å². The lowest BCUT2D eigenvalue weighted by molar-refractivity contribution is -0.133. The molecule has 1 aliphatic heterocycles. The number of aryl methyl sites for hydroxylation is 2. The normalized spacial score (nSPS) is 16.0. The number of nitrogens with zero attached hydrogens (tertiary/aromatic N) is 3. The van der Waals surface area contributed by atoms with E-state index in [0.717, 1.165) is 22.9 Å². The molecule has 6 nitrogen and oxygen atoms in total. The maximum Gasteiger partial charge on any atom is 0.244 e. The summed E-state index contributed by atoms with van der Waals surface area (Å²) >= 11 is 0. The number of rotatable bonds is 5. The van der Waals surface area contributed by atoms with Gasteiger partial charge in [0.1, 0.15) is 13.2 Å². The minimum atomic E-state index is -0.163. The molecule has 0 bridgehead atoms. The summed E-state index contributed by atoms with van der Waals surface area (Å²) < 4.78 is 13.4. The number of carbonyl (C=O) groups is 1. The average molecular weight is 329 g/mol. The highest BCUT2D eigenvalue weighted by atomic mass is 16.6. The summed E-state index contributed by atoms with van der Waals surface area (Å²) in [4.78, 5) is 14.4. The zero-order valence-electron chi connectivity index (χ0n) is 14.4. The van der Waals surface area contributed by atoms with E-state index < -0.39 is 0 Å². The van der Waals surface area contributed by atoms with Gasteiger partial charge in [-0.1, -0.05) is 12.1 Å². The van der Waals surface area contributed by atoms with E-state index in [-0.39, 0.29) is 18.6 Å². The molecule has 0 saturated carbocycles. The van der Waals surface area contributed by atoms with Gasteiger partial charge in [-0.05, 0) is 39.0 Å². The van der Waals surface area contributed by atoms with Crippen LogP contribution in [0.2, 0.25) is 0 Å². The second-order valence-electron chi connectivity index (χ2n) is 6.01. The number of para-hydroxylation sites is 2. The van der Waals surface area contributed by atoms with Gasteiger partial charge in [-0.3, -0.25) is 9.48 Å². The van der Waals surface area contributed by atoms with Crippen LogP contribution < -0.4 is 9.47 Å². The average Bonchev–Trinajstić information content (AvgIpc) is 2.89. The van der Waals surface area contributed by atoms with Crippen molar-refractivity contribution in [3.63, 3.8) is 0 Å². The second kappa shape index (κ2) is 6.95. The second-order valence-corrected chi connectivity index (χ2v) is 6.01. The Hall–Kier alpha value is -2.50. The van der Waals surface area contributed by atoms with Crippen LogP contribution in [0.3, 0.4) is 0 Å². The highest BCUT2D eigenvalue weighted by molar-refractivity contribution is 5.76. The Kier molecular flexibility index (Phi) is 4.74. The third-order valence-corrected chi connectivity index (χ3v) is 4.11. The van der Waals surface area contributed by atoms with E-state index in [0.29, 0.717) is 19.7 Å². The summed E-state index contributed by atoms with van der Waals surface area (Å²) in [7, 11) is 0. The minimum Gasteiger partial charge on any atom is -0.486 e. The number of hydrogen-bond acceptors (Lipinski definition) is 4. The molecule has 24 heavy (non-hydrogen) atoms. The third-order valence-electron chi connectivity index (χ3n) is 4.11. The quantitative estimate of drug-likeness (QED) is 0.844. The first-order valence-electron chi connectivity index (χ1n) is 8.24. The fourth-order valence-corrected chi connectivity index (χ4v) is 2.87. The van der Waals surface area contributed by atoms with Crippen molar-refractivity contribution in [1.82, 2.24) is 14.7 Å². The van der Waals surface area contributed by atoms with Crippen LogP contribution in [0, 0.1) is 13.8 Å². The van der Waals surface area contributed by atoms with Gasteiger partial charge in [0.2, 0.25) is 5.91 Å². The molecule has 1 aromatic carbocycles. The van der Waals surface area contributed by atoms with Crippen molar-refractivity contribution in [2.45, 2.75) is 33.4 Å². The molecule has 1 atom stereocenters. The number of hydrogen-bond donors (Lipinski definition) is 0. The molecule has 1 aliphatic rings. The van der Waals surface area contributed by atoms with Gasteiger partial charge in [-0.25, -0.2) is 0 Å². The van der Waals surface area contributed by atoms with E-state index >= 15 is 0 Å². The maximum absolute atomic E-state index is 12.6. The fourth-order valence-electron chi connectivity index (χ4n) is 2.87. The number of amides is 1. The summed E-state index contributed by atoms with van der Waals surface area (Å²) in [5, 5.41) is 4.36. The number of aromatic nitrogens is 2. The molecular formula is C18H23N3O3. The van der Waals surface area contributed by atoms with Gasteiger partial charge in [0.25, 0.3) is 0 Å². The molecule has 128 valence electrons. The number of likely N-dealkylation sites (N-methyl/N-ethyl adjacent to an activating group) is 1. The number of benzene rings is 1. The van der Waals surface area contributed by atoms with Crippen LogP contribution in [-0.2, 0) is 11.3 Å². The lowest BCUT2D eigenvalue weighted by atomic mass is 10.2. The number of carbonyl (C=O) groups excluding carboxylic acids is 1. The molecule has 3 rings (SSSR count). The van der Waals surface area contributed by atoms with Crippen molar-refractivity contribution < 1.29 is 14.3 Å². The number of ether oxygens (including phenoxy) is 2. The topological polar surface area (TPSA) is 56.6 Å². The van der Waals surface area contributed by atoms with Crippen molar-refractivity contribution in [2.75, 3.05) is 19.7 Å². The molecule has 2 heterocycles. The summed E-state index contributed by atoms with van der Waals surface area (Å²) in [6, 6.07) is 9.57. The van der Waals surface area contributed by atoms with Crippen molar-refractivity contribution in [3.8, 4) is 11.5 Å². The molecule has 0 saturated heterocycles. The van der Waals surface area contributed by atoms with Gasteiger partial charge in [0.15, 0.2) is 17.6 Å². The summed E-state index contributed by atoms with van der Waals surface area (Å²) in [5.74, 6) is 1.52. The van der Waals surface area contributed by atoms with Crippen LogP contribution in [0.25, 0.3) is 0 Å². The predicted molar refractivity (Wildman–Crippen MR) is 90.3 cm³/mol. The number of fused-ring (bicyclic) bond motifs is 1. The predicted octanol–water partition coefficient (Wildman–Crippen LogP) is 2.19. The first-order chi connectivity index (χ1) is 11.6. The van der Waals surface area contributed by atoms with Gasteiger partial charge in [0, 0.05) is 12.2 Å². The molecule has 0 spiro atoms. The van der Waals surface area contributed by atoms with E-state index in [1.54, 1.807) is 9.58 Å². The van der Waals surface area contributed by atoms with E-state index in [1.165, 1.54) is 0 Å². The summed E-state index contributed by atoms with van der Waals surface area (Å²) in [6.45, 7) is 7.67. The minimum absolute atomic E-state index is 0.0335. The molecule has 2 aromatic rings. The van der Waals surface area contributed by atoms with Crippen LogP contribution in [-0.4, -0.2) is 46.4 Å². The van der Waals surface area contributed by atoms with E-state index in [4.69, 9.17) is 9.47 Å². The van der Waals surface area contributed by atoms with E-state index in [2.05, 4.69) is 5.10 Å². The zero-order chi connectivity index (χ0) is 17.1. The molecule has 6 heteroatoms. The third kappa shape index (κ3) is 3.53. The fraction of sp³-hybridized carbons (Fsp3) is 0.444. The van der Waals surface area contributed by atoms with Crippen molar-refractivity contribution >= 4 is 5.91 Å². The Morgan fingerprint density at radius 3 is 2.75 bits per heavy atom. The van der Waals surface area contributed by atoms with Gasteiger partial charge in [0.05, 0.1) is 12.2 Å². The first kappa shape index (κ1) is 16.4. The van der Waals surface area contributed by atoms with Gasteiger partial charge in [-0.2, -0.15) is 5.10 Å². The van der Waals surface area contributed by atoms with Gasteiger partial charge >= 0.3 is 0 Å². The smallest absolute Gasteiger partial charge is 0.244 e. The lowest BCUT2D eigenvalue weighted by Gasteiger charge is -2.31. The Bertz CT molecular complexity index is 726. The highest BCUT2D eigenvalue weighted by Gasteiger charge is 2.25. The largest absolute Gasteiger partial charge is 0.486 e. The summed E-state index contributed by atoms with van der Waals surface area (Å²) in [5.41, 5.74) is 1.91. The van der Waals surface area contributed by atoms with Crippen LogP contribution >= 0.6 is 0 Å². The Morgan fingerprint density at radius 2 is 2.08 bits per heavy atom. The van der Waals surface area contributed by atoms with Crippen LogP contribution in [0.1, 0.15) is 18.3 Å². The standard InChI is InChI=1S/C18H23N3O3/c1-4-20(18(22)11-21-14(3)9-13(2)19-21)10-15-12-23-16-7-5-6-8-17(16)24-15/h5-9,15H,4,10-12H2,1-3H3/t15-/m0/s1.